The number of nitrogens with zero attached hydrogens (tertiary/aromatic N) is 3. The number of aromatic nitrogens is 1. The summed E-state index contributed by atoms with van der Waals surface area (Å²) in [6.07, 6.45) is 6.13. The van der Waals surface area contributed by atoms with E-state index in [2.05, 4.69) is 29.3 Å². The van der Waals surface area contributed by atoms with Gasteiger partial charge >= 0.3 is 0 Å². The van der Waals surface area contributed by atoms with Crippen LogP contribution in [0.5, 0.6) is 0 Å². The van der Waals surface area contributed by atoms with E-state index in [1.807, 2.05) is 0 Å². The Labute approximate surface area is 184 Å². The van der Waals surface area contributed by atoms with Crippen molar-refractivity contribution in [2.45, 2.75) is 75.9 Å². The van der Waals surface area contributed by atoms with Crippen LogP contribution in [0.2, 0.25) is 0 Å². The Kier molecular flexibility index (Phi) is 5.63. The van der Waals surface area contributed by atoms with E-state index >= 15 is 0 Å². The fourth-order valence-electron chi connectivity index (χ4n) is 5.87. The summed E-state index contributed by atoms with van der Waals surface area (Å²) in [7, 11) is -1.18. The van der Waals surface area contributed by atoms with Crippen molar-refractivity contribution >= 4 is 15.9 Å². The van der Waals surface area contributed by atoms with E-state index in [9.17, 15) is 13.2 Å². The van der Waals surface area contributed by atoms with Gasteiger partial charge in [-0.2, -0.15) is 4.31 Å². The smallest absolute Gasteiger partial charge is 0.273 e. The van der Waals surface area contributed by atoms with Crippen LogP contribution in [0, 0.1) is 11.8 Å². The van der Waals surface area contributed by atoms with Gasteiger partial charge in [0.05, 0.1) is 5.75 Å². The number of nitrogens with one attached hydrogen (secondary N) is 1. The standard InChI is InChI=1S/C22H34N4O4S/c1-14-9-19(14)21-12-20(24-30-21)22(27)23-16-10-17-3-4-18(11-16)26(17)31(28,29)13-15-5-7-25(2)8-6-15/h12,14-19H,3-11,13H2,1-2H3,(H,23,27)/t14-,16?,17-,18+,19+/m0/s1. The fourth-order valence-corrected chi connectivity index (χ4v) is 8.26. The number of amides is 1. The predicted octanol–water partition coefficient (Wildman–Crippen LogP) is 2.19. The fraction of sp³-hybridized carbons (Fsp3) is 0.818. The van der Waals surface area contributed by atoms with Crippen LogP contribution < -0.4 is 5.32 Å². The van der Waals surface area contributed by atoms with Crippen LogP contribution in [0.4, 0.5) is 0 Å². The largest absolute Gasteiger partial charge is 0.360 e. The van der Waals surface area contributed by atoms with E-state index < -0.39 is 10.0 Å². The molecule has 1 saturated carbocycles. The highest BCUT2D eigenvalue weighted by Gasteiger charge is 2.47. The number of rotatable bonds is 6. The number of hydrogen-bond acceptors (Lipinski definition) is 6. The molecule has 2 bridgehead atoms. The van der Waals surface area contributed by atoms with Crippen LogP contribution in [0.25, 0.3) is 0 Å². The Morgan fingerprint density at radius 1 is 1.16 bits per heavy atom. The molecule has 8 nitrogen and oxygen atoms in total. The molecule has 4 heterocycles. The molecule has 1 aromatic rings. The minimum absolute atomic E-state index is 0.000461. The van der Waals surface area contributed by atoms with Gasteiger partial charge in [0.2, 0.25) is 10.0 Å². The number of sulfonamides is 1. The van der Waals surface area contributed by atoms with Gasteiger partial charge in [-0.1, -0.05) is 12.1 Å². The Balaban J connectivity index is 1.18. The minimum Gasteiger partial charge on any atom is -0.360 e. The second-order valence-electron chi connectivity index (χ2n) is 10.3. The lowest BCUT2D eigenvalue weighted by Gasteiger charge is -2.39. The predicted molar refractivity (Wildman–Crippen MR) is 116 cm³/mol. The molecule has 1 amide bonds. The van der Waals surface area contributed by atoms with Crippen LogP contribution in [0.3, 0.4) is 0 Å². The first-order valence-corrected chi connectivity index (χ1v) is 13.4. The van der Waals surface area contributed by atoms with E-state index in [0.29, 0.717) is 30.4 Å². The molecule has 4 fully saturated rings. The zero-order valence-electron chi connectivity index (χ0n) is 18.5. The first kappa shape index (κ1) is 21.4. The van der Waals surface area contributed by atoms with Gasteiger partial charge in [-0.15, -0.1) is 0 Å². The molecular weight excluding hydrogens is 416 g/mol. The second-order valence-corrected chi connectivity index (χ2v) is 12.2. The molecule has 5 atom stereocenters. The zero-order chi connectivity index (χ0) is 21.8. The van der Waals surface area contributed by atoms with Crippen molar-refractivity contribution in [1.29, 1.82) is 0 Å². The van der Waals surface area contributed by atoms with Gasteiger partial charge in [0, 0.05) is 30.1 Å². The van der Waals surface area contributed by atoms with Gasteiger partial charge in [-0.3, -0.25) is 4.79 Å². The van der Waals surface area contributed by atoms with Gasteiger partial charge < -0.3 is 14.7 Å². The maximum absolute atomic E-state index is 13.2. The molecule has 0 spiro atoms. The lowest BCUT2D eigenvalue weighted by Crippen LogP contribution is -2.53. The summed E-state index contributed by atoms with van der Waals surface area (Å²) < 4.78 is 33.7. The number of carbonyl (C=O) groups excluding carboxylic acids is 1. The molecule has 172 valence electrons. The molecule has 1 aliphatic carbocycles. The summed E-state index contributed by atoms with van der Waals surface area (Å²) in [5.74, 6) is 2.10. The van der Waals surface area contributed by atoms with Crippen LogP contribution in [-0.4, -0.2) is 72.7 Å². The Morgan fingerprint density at radius 3 is 2.42 bits per heavy atom. The quantitative estimate of drug-likeness (QED) is 0.714. The maximum atomic E-state index is 13.2. The van der Waals surface area contributed by atoms with Crippen molar-refractivity contribution in [1.82, 2.24) is 19.7 Å². The molecule has 0 aromatic carbocycles. The van der Waals surface area contributed by atoms with Crippen molar-refractivity contribution in [2.75, 3.05) is 25.9 Å². The van der Waals surface area contributed by atoms with Crippen LogP contribution in [0.1, 0.15) is 74.0 Å². The van der Waals surface area contributed by atoms with E-state index in [1.165, 1.54) is 0 Å². The third-order valence-corrected chi connectivity index (χ3v) is 9.97. The normalized spacial score (nSPS) is 34.7. The van der Waals surface area contributed by atoms with Crippen molar-refractivity contribution in [2.24, 2.45) is 11.8 Å². The van der Waals surface area contributed by atoms with Crippen LogP contribution in [-0.2, 0) is 10.0 Å². The highest BCUT2D eigenvalue weighted by atomic mass is 32.2. The zero-order valence-corrected chi connectivity index (χ0v) is 19.3. The molecule has 3 saturated heterocycles. The summed E-state index contributed by atoms with van der Waals surface area (Å²) in [5.41, 5.74) is 0.332. The van der Waals surface area contributed by atoms with Gasteiger partial charge in [0.25, 0.3) is 5.91 Å². The summed E-state index contributed by atoms with van der Waals surface area (Å²) in [5, 5.41) is 7.05. The van der Waals surface area contributed by atoms with Crippen LogP contribution >= 0.6 is 0 Å². The highest BCUT2D eigenvalue weighted by molar-refractivity contribution is 7.89. The summed E-state index contributed by atoms with van der Waals surface area (Å²) in [6, 6.07) is 1.75. The van der Waals surface area contributed by atoms with Crippen molar-refractivity contribution in [3.8, 4) is 0 Å². The highest BCUT2D eigenvalue weighted by Crippen LogP contribution is 2.47. The molecule has 1 aromatic heterocycles. The maximum Gasteiger partial charge on any atom is 0.273 e. The molecular formula is C22H34N4O4S. The molecule has 31 heavy (non-hydrogen) atoms. The van der Waals surface area contributed by atoms with Crippen molar-refractivity contribution in [3.05, 3.63) is 17.5 Å². The molecule has 3 aliphatic heterocycles. The van der Waals surface area contributed by atoms with Gasteiger partial charge in [0.1, 0.15) is 5.76 Å². The molecule has 1 N–H and O–H groups in total. The Morgan fingerprint density at radius 2 is 1.81 bits per heavy atom. The molecule has 0 radical (unpaired) electrons. The second kappa shape index (κ2) is 8.15. The lowest BCUT2D eigenvalue weighted by molar-refractivity contribution is 0.0900. The molecule has 4 aliphatic rings. The number of likely N-dealkylation sites (tertiary alicyclic amines) is 1. The average Bonchev–Trinajstić information content (AvgIpc) is 3.13. The first-order chi connectivity index (χ1) is 14.8. The van der Waals surface area contributed by atoms with E-state index in [-0.39, 0.29) is 35.7 Å². The summed E-state index contributed by atoms with van der Waals surface area (Å²) in [4.78, 5) is 15.0. The Hall–Kier alpha value is -1.45. The number of piperidine rings is 2. The number of fused-ring (bicyclic) bond motifs is 2. The van der Waals surface area contributed by atoms with E-state index in [1.54, 1.807) is 10.4 Å². The van der Waals surface area contributed by atoms with Gasteiger partial charge in [-0.05, 0) is 76.9 Å². The average molecular weight is 451 g/mol. The number of hydrogen-bond donors (Lipinski definition) is 1. The van der Waals surface area contributed by atoms with E-state index in [4.69, 9.17) is 4.52 Å². The topological polar surface area (TPSA) is 95.8 Å². The third-order valence-electron chi connectivity index (χ3n) is 7.84. The third kappa shape index (κ3) is 4.41. The molecule has 1 unspecified atom stereocenters. The molecule has 5 rings (SSSR count). The van der Waals surface area contributed by atoms with Gasteiger partial charge in [-0.25, -0.2) is 8.42 Å². The summed E-state index contributed by atoms with van der Waals surface area (Å²) in [6.45, 7) is 4.12. The Bertz CT molecular complexity index is 910. The van der Waals surface area contributed by atoms with Gasteiger partial charge in [0.15, 0.2) is 5.69 Å². The minimum atomic E-state index is -3.27. The summed E-state index contributed by atoms with van der Waals surface area (Å²) >= 11 is 0. The van der Waals surface area contributed by atoms with Crippen molar-refractivity contribution in [3.63, 3.8) is 0 Å². The van der Waals surface area contributed by atoms with Crippen LogP contribution in [0.15, 0.2) is 10.6 Å². The first-order valence-electron chi connectivity index (χ1n) is 11.8. The van der Waals surface area contributed by atoms with E-state index in [0.717, 1.165) is 51.0 Å². The van der Waals surface area contributed by atoms with Crippen molar-refractivity contribution < 1.29 is 17.7 Å². The monoisotopic (exact) mass is 450 g/mol. The molecule has 9 heteroatoms. The number of carbonyl (C=O) groups is 1. The SMILES string of the molecule is C[C@H]1C[C@H]1c1cc(C(=O)NC2C[C@H]3CC[C@@H](C2)N3S(=O)(=O)CC2CCN(C)CC2)no1. The lowest BCUT2D eigenvalue weighted by atomic mass is 9.99.